The van der Waals surface area contributed by atoms with E-state index in [0.29, 0.717) is 11.3 Å². The van der Waals surface area contributed by atoms with Crippen LogP contribution in [0.4, 0.5) is 4.79 Å². The lowest BCUT2D eigenvalue weighted by atomic mass is 9.90. The fourth-order valence-electron chi connectivity index (χ4n) is 4.03. The van der Waals surface area contributed by atoms with Gasteiger partial charge in [0.15, 0.2) is 0 Å². The molecule has 160 valence electrons. The lowest BCUT2D eigenvalue weighted by Gasteiger charge is -2.23. The number of aliphatic hydroxyl groups is 1. The Balaban J connectivity index is 1.48. The second-order valence-corrected chi connectivity index (χ2v) is 8.22. The number of nitrogens with zero attached hydrogens (tertiary/aromatic N) is 1. The molecule has 4 rings (SSSR count). The molecule has 1 aliphatic rings. The van der Waals surface area contributed by atoms with Gasteiger partial charge in [-0.05, 0) is 54.3 Å². The molecule has 0 aromatic heterocycles. The molecule has 1 saturated heterocycles. The molecule has 1 heterocycles. The number of fused-ring (bicyclic) bond motifs is 1. The van der Waals surface area contributed by atoms with Gasteiger partial charge in [0, 0.05) is 0 Å². The van der Waals surface area contributed by atoms with Gasteiger partial charge in [0.05, 0.1) is 6.54 Å². The summed E-state index contributed by atoms with van der Waals surface area (Å²) in [6.45, 7) is 5.40. The third kappa shape index (κ3) is 3.86. The van der Waals surface area contributed by atoms with Gasteiger partial charge < -0.3 is 15.2 Å². The summed E-state index contributed by atoms with van der Waals surface area (Å²) in [5.74, 6) is 0.318. The number of hydrogen-bond acceptors (Lipinski definition) is 4. The van der Waals surface area contributed by atoms with Crippen molar-refractivity contribution in [3.05, 3.63) is 77.4 Å². The van der Waals surface area contributed by atoms with Gasteiger partial charge in [-0.25, -0.2) is 4.79 Å². The summed E-state index contributed by atoms with van der Waals surface area (Å²) >= 11 is 0. The van der Waals surface area contributed by atoms with Crippen molar-refractivity contribution >= 4 is 22.7 Å². The average Bonchev–Trinajstić information content (AvgIpc) is 2.97. The average molecular weight is 418 g/mol. The number of carbonyl (C=O) groups excluding carboxylic acids is 2. The maximum atomic E-state index is 13.2. The Kier molecular flexibility index (Phi) is 5.41. The van der Waals surface area contributed by atoms with Gasteiger partial charge in [-0.2, -0.15) is 0 Å². The van der Waals surface area contributed by atoms with E-state index < -0.39 is 17.7 Å². The van der Waals surface area contributed by atoms with Gasteiger partial charge >= 0.3 is 6.03 Å². The van der Waals surface area contributed by atoms with E-state index in [-0.39, 0.29) is 19.1 Å². The highest BCUT2D eigenvalue weighted by atomic mass is 16.5. The number of carbonyl (C=O) groups is 2. The van der Waals surface area contributed by atoms with Crippen LogP contribution >= 0.6 is 0 Å². The summed E-state index contributed by atoms with van der Waals surface area (Å²) < 4.78 is 5.78. The van der Waals surface area contributed by atoms with E-state index in [0.717, 1.165) is 26.8 Å². The third-order valence-corrected chi connectivity index (χ3v) is 5.82. The molecule has 0 radical (unpaired) electrons. The summed E-state index contributed by atoms with van der Waals surface area (Å²) in [7, 11) is 0. The van der Waals surface area contributed by atoms with E-state index in [2.05, 4.69) is 5.32 Å². The number of hydrogen-bond donors (Lipinski definition) is 2. The first-order valence-corrected chi connectivity index (χ1v) is 10.3. The Labute approximate surface area is 181 Å². The van der Waals surface area contributed by atoms with E-state index in [4.69, 9.17) is 4.74 Å². The van der Waals surface area contributed by atoms with Crippen LogP contribution in [-0.4, -0.2) is 41.2 Å². The van der Waals surface area contributed by atoms with Crippen LogP contribution in [0, 0.1) is 13.8 Å². The van der Waals surface area contributed by atoms with Gasteiger partial charge in [-0.15, -0.1) is 0 Å². The van der Waals surface area contributed by atoms with Crippen LogP contribution in [0.3, 0.4) is 0 Å². The molecule has 2 atom stereocenters. The molecule has 0 spiro atoms. The van der Waals surface area contributed by atoms with E-state index in [1.54, 1.807) is 6.92 Å². The van der Waals surface area contributed by atoms with Crippen LogP contribution in [0.15, 0.2) is 60.7 Å². The molecule has 6 nitrogen and oxygen atoms in total. The SMILES string of the molecule is Cc1cccc(C)c1OC[C@H](O)CN1C(=O)N[C@@](C)(c2ccc3ccccc3c2)C1=O. The molecule has 31 heavy (non-hydrogen) atoms. The Hall–Kier alpha value is -3.38. The van der Waals surface area contributed by atoms with Crippen LogP contribution in [0.2, 0.25) is 0 Å². The minimum atomic E-state index is -1.19. The summed E-state index contributed by atoms with van der Waals surface area (Å²) in [6, 6.07) is 18.8. The maximum Gasteiger partial charge on any atom is 0.325 e. The van der Waals surface area contributed by atoms with Crippen molar-refractivity contribution in [1.82, 2.24) is 10.2 Å². The summed E-state index contributed by atoms with van der Waals surface area (Å²) in [5.41, 5.74) is 1.44. The molecule has 0 saturated carbocycles. The quantitative estimate of drug-likeness (QED) is 0.599. The second-order valence-electron chi connectivity index (χ2n) is 8.22. The van der Waals surface area contributed by atoms with Crippen molar-refractivity contribution in [3.63, 3.8) is 0 Å². The van der Waals surface area contributed by atoms with Gasteiger partial charge in [-0.1, -0.05) is 54.6 Å². The van der Waals surface area contributed by atoms with Crippen LogP contribution in [0.1, 0.15) is 23.6 Å². The number of nitrogens with one attached hydrogen (secondary N) is 1. The molecule has 3 amide bonds. The minimum absolute atomic E-state index is 0.0184. The van der Waals surface area contributed by atoms with Crippen molar-refractivity contribution in [2.45, 2.75) is 32.4 Å². The number of para-hydroxylation sites is 1. The lowest BCUT2D eigenvalue weighted by molar-refractivity contribution is -0.132. The number of amides is 3. The number of aryl methyl sites for hydroxylation is 2. The summed E-state index contributed by atoms with van der Waals surface area (Å²) in [6.07, 6.45) is -1.01. The standard InChI is InChI=1S/C25H26N2O4/c1-16-7-6-8-17(2)22(16)31-15-21(28)14-27-23(29)25(3,26-24(27)30)20-12-11-18-9-4-5-10-19(18)13-20/h4-13,21,28H,14-15H2,1-3H3,(H,26,30)/t21-,25+/m1/s1. The highest BCUT2D eigenvalue weighted by molar-refractivity contribution is 6.07. The highest BCUT2D eigenvalue weighted by Gasteiger charge is 2.49. The number of aliphatic hydroxyl groups excluding tert-OH is 1. The van der Waals surface area contributed by atoms with Crippen molar-refractivity contribution in [1.29, 1.82) is 0 Å². The number of benzene rings is 3. The molecule has 1 aliphatic heterocycles. The van der Waals surface area contributed by atoms with Gasteiger partial charge in [0.2, 0.25) is 0 Å². The van der Waals surface area contributed by atoms with Gasteiger partial charge in [0.25, 0.3) is 5.91 Å². The molecule has 2 N–H and O–H groups in total. The molecule has 0 unspecified atom stereocenters. The van der Waals surface area contributed by atoms with Crippen molar-refractivity contribution in [2.24, 2.45) is 0 Å². The Bertz CT molecular complexity index is 1140. The predicted molar refractivity (Wildman–Crippen MR) is 119 cm³/mol. The molecular formula is C25H26N2O4. The van der Waals surface area contributed by atoms with Crippen molar-refractivity contribution < 1.29 is 19.4 Å². The first-order chi connectivity index (χ1) is 14.8. The largest absolute Gasteiger partial charge is 0.490 e. The zero-order valence-corrected chi connectivity index (χ0v) is 17.9. The first kappa shape index (κ1) is 20.9. The zero-order valence-electron chi connectivity index (χ0n) is 17.9. The van der Waals surface area contributed by atoms with Gasteiger partial charge in [-0.3, -0.25) is 9.69 Å². The van der Waals surface area contributed by atoms with Crippen LogP contribution in [-0.2, 0) is 10.3 Å². The highest BCUT2D eigenvalue weighted by Crippen LogP contribution is 2.31. The Morgan fingerprint density at radius 3 is 2.39 bits per heavy atom. The smallest absolute Gasteiger partial charge is 0.325 e. The summed E-state index contributed by atoms with van der Waals surface area (Å²) in [5, 5.41) is 15.3. The van der Waals surface area contributed by atoms with Crippen LogP contribution < -0.4 is 10.1 Å². The van der Waals surface area contributed by atoms with E-state index in [1.807, 2.05) is 74.5 Å². The fourth-order valence-corrected chi connectivity index (χ4v) is 4.03. The Morgan fingerprint density at radius 1 is 1.00 bits per heavy atom. The zero-order chi connectivity index (χ0) is 22.2. The van der Waals surface area contributed by atoms with Crippen LogP contribution in [0.5, 0.6) is 5.75 Å². The molecule has 1 fully saturated rings. The molecule has 0 bridgehead atoms. The van der Waals surface area contributed by atoms with Crippen molar-refractivity contribution in [2.75, 3.05) is 13.2 Å². The normalized spacial score (nSPS) is 19.5. The monoisotopic (exact) mass is 418 g/mol. The number of urea groups is 1. The van der Waals surface area contributed by atoms with E-state index in [1.165, 1.54) is 0 Å². The lowest BCUT2D eigenvalue weighted by Crippen LogP contribution is -2.42. The number of imide groups is 1. The van der Waals surface area contributed by atoms with Crippen LogP contribution in [0.25, 0.3) is 10.8 Å². The number of rotatable bonds is 6. The topological polar surface area (TPSA) is 78.9 Å². The minimum Gasteiger partial charge on any atom is -0.490 e. The molecule has 3 aromatic rings. The molecule has 0 aliphatic carbocycles. The van der Waals surface area contributed by atoms with E-state index >= 15 is 0 Å². The Morgan fingerprint density at radius 2 is 1.68 bits per heavy atom. The molecule has 6 heteroatoms. The van der Waals surface area contributed by atoms with E-state index in [9.17, 15) is 14.7 Å². The first-order valence-electron chi connectivity index (χ1n) is 10.3. The number of β-amino-alcohol motifs (C(OH)–C–C–N with tert-alkyl or cyclic N) is 1. The molecule has 3 aromatic carbocycles. The fraction of sp³-hybridized carbons (Fsp3) is 0.280. The molecular weight excluding hydrogens is 392 g/mol. The number of ether oxygens (including phenoxy) is 1. The predicted octanol–water partition coefficient (Wildman–Crippen LogP) is 3.66. The second kappa shape index (κ2) is 8.04. The van der Waals surface area contributed by atoms with Crippen molar-refractivity contribution in [3.8, 4) is 5.75 Å². The third-order valence-electron chi connectivity index (χ3n) is 5.82. The van der Waals surface area contributed by atoms with Gasteiger partial charge in [0.1, 0.15) is 24.0 Å². The summed E-state index contributed by atoms with van der Waals surface area (Å²) in [4.78, 5) is 26.8. The maximum absolute atomic E-state index is 13.2.